The molecule has 60 heavy (non-hydrogen) atoms. The Bertz CT molecular complexity index is 1070. The van der Waals surface area contributed by atoms with Gasteiger partial charge in [-0.25, -0.2) is 0 Å². The monoisotopic (exact) mass is 854 g/mol. The topological polar surface area (TPSA) is 189 Å². The van der Waals surface area contributed by atoms with Crippen molar-refractivity contribution in [2.24, 2.45) is 0 Å². The highest BCUT2D eigenvalue weighted by molar-refractivity contribution is 5.80. The van der Waals surface area contributed by atoms with E-state index >= 15 is 0 Å². The van der Waals surface area contributed by atoms with Crippen molar-refractivity contribution >= 4 is 5.91 Å². The summed E-state index contributed by atoms with van der Waals surface area (Å²) in [4.78, 5) is 13.1. The zero-order chi connectivity index (χ0) is 44.1. The van der Waals surface area contributed by atoms with E-state index in [-0.39, 0.29) is 12.8 Å². The number of aliphatic hydroxyl groups is 7. The molecule has 0 aliphatic carbocycles. The largest absolute Gasteiger partial charge is 0.394 e. The maximum Gasteiger partial charge on any atom is 0.249 e. The highest BCUT2D eigenvalue weighted by atomic mass is 16.7. The summed E-state index contributed by atoms with van der Waals surface area (Å²) in [6.07, 6.45) is 33.4. The van der Waals surface area contributed by atoms with Crippen LogP contribution in [-0.2, 0) is 14.3 Å². The molecule has 0 aromatic rings. The van der Waals surface area contributed by atoms with Crippen LogP contribution in [0.1, 0.15) is 200 Å². The Morgan fingerprint density at radius 1 is 0.567 bits per heavy atom. The molecule has 11 nitrogen and oxygen atoms in total. The Labute approximate surface area is 365 Å². The number of carbonyl (C=O) groups excluding carboxylic acids is 1. The van der Waals surface area contributed by atoms with Crippen LogP contribution in [0.15, 0.2) is 36.5 Å². The van der Waals surface area contributed by atoms with Crippen LogP contribution >= 0.6 is 0 Å². The van der Waals surface area contributed by atoms with Gasteiger partial charge < -0.3 is 50.5 Å². The van der Waals surface area contributed by atoms with E-state index in [1.807, 2.05) is 0 Å². The summed E-state index contributed by atoms with van der Waals surface area (Å²) in [5, 5.41) is 75.6. The Balaban J connectivity index is 2.46. The number of nitrogens with one attached hydrogen (secondary N) is 1. The zero-order valence-electron chi connectivity index (χ0n) is 37.9. The molecule has 8 N–H and O–H groups in total. The summed E-state index contributed by atoms with van der Waals surface area (Å²) in [7, 11) is 0. The van der Waals surface area contributed by atoms with Gasteiger partial charge >= 0.3 is 0 Å². The third-order valence-corrected chi connectivity index (χ3v) is 11.7. The molecule has 0 spiro atoms. The fourth-order valence-electron chi connectivity index (χ4n) is 7.59. The van der Waals surface area contributed by atoms with Crippen LogP contribution in [0.25, 0.3) is 0 Å². The molecule has 1 aliphatic rings. The summed E-state index contributed by atoms with van der Waals surface area (Å²) in [6, 6.07) is -1.19. The van der Waals surface area contributed by atoms with Gasteiger partial charge in [-0.3, -0.25) is 4.79 Å². The van der Waals surface area contributed by atoms with Crippen molar-refractivity contribution < 1.29 is 50.0 Å². The molecular formula is C49H91NO10. The van der Waals surface area contributed by atoms with Crippen LogP contribution in [0.5, 0.6) is 0 Å². The van der Waals surface area contributed by atoms with Gasteiger partial charge in [0.05, 0.1) is 25.4 Å². The minimum absolute atomic E-state index is 0.242. The summed E-state index contributed by atoms with van der Waals surface area (Å²) in [6.45, 7) is 3.40. The number of rotatable bonds is 40. The molecule has 1 saturated heterocycles. The fraction of sp³-hybridized carbons (Fsp3) is 0.857. The standard InChI is InChI=1S/C49H91NO10/c1-3-5-7-9-11-13-15-17-18-19-20-21-22-23-24-25-27-28-30-32-34-36-41(52)44(54)40(39-59-49-47(57)46(56)45(55)43(38-51)60-49)50-48(58)42(53)37-35-33-31-29-26-16-14-12-10-8-6-4-2/h19-20,23-24,28,30,40-47,49,51-57H,3-18,21-22,25-27,29,31-39H2,1-2H3,(H,50,58)/b20-19+,24-23+,30-28+. The van der Waals surface area contributed by atoms with E-state index in [2.05, 4.69) is 55.6 Å². The van der Waals surface area contributed by atoms with Gasteiger partial charge in [-0.05, 0) is 64.2 Å². The van der Waals surface area contributed by atoms with E-state index in [1.165, 1.54) is 109 Å². The number of carbonyl (C=O) groups is 1. The lowest BCUT2D eigenvalue weighted by molar-refractivity contribution is -0.303. The average molecular weight is 854 g/mol. The van der Waals surface area contributed by atoms with Gasteiger partial charge in [0.25, 0.3) is 0 Å². The number of ether oxygens (including phenoxy) is 2. The number of amides is 1. The lowest BCUT2D eigenvalue weighted by Crippen LogP contribution is -2.60. The SMILES string of the molecule is CCCCCCCCCC/C=C/CC/C=C/CC/C=C/CCCC(O)C(O)C(COC1OC(CO)C(O)C(O)C1O)NC(=O)C(O)CCCCCCCCCCCCCC. The number of aliphatic hydroxyl groups excluding tert-OH is 7. The summed E-state index contributed by atoms with van der Waals surface area (Å²) < 4.78 is 11.1. The molecule has 1 fully saturated rings. The van der Waals surface area contributed by atoms with Gasteiger partial charge in [-0.2, -0.15) is 0 Å². The Morgan fingerprint density at radius 2 is 1.00 bits per heavy atom. The highest BCUT2D eigenvalue weighted by Gasteiger charge is 2.44. The smallest absolute Gasteiger partial charge is 0.249 e. The third kappa shape index (κ3) is 28.1. The molecule has 0 radical (unpaired) electrons. The second-order valence-electron chi connectivity index (χ2n) is 17.2. The van der Waals surface area contributed by atoms with Gasteiger partial charge in [0.1, 0.15) is 36.6 Å². The van der Waals surface area contributed by atoms with Crippen LogP contribution in [0.2, 0.25) is 0 Å². The molecule has 0 bridgehead atoms. The van der Waals surface area contributed by atoms with E-state index < -0.39 is 74.2 Å². The van der Waals surface area contributed by atoms with Crippen molar-refractivity contribution in [3.8, 4) is 0 Å². The zero-order valence-corrected chi connectivity index (χ0v) is 37.9. The molecule has 1 amide bonds. The highest BCUT2D eigenvalue weighted by Crippen LogP contribution is 2.23. The first-order valence-corrected chi connectivity index (χ1v) is 24.4. The van der Waals surface area contributed by atoms with Gasteiger partial charge in [0.15, 0.2) is 6.29 Å². The normalized spacial score (nSPS) is 21.9. The first kappa shape index (κ1) is 56.3. The first-order valence-electron chi connectivity index (χ1n) is 24.4. The molecule has 9 unspecified atom stereocenters. The summed E-state index contributed by atoms with van der Waals surface area (Å²) in [5.74, 6) is -0.714. The Morgan fingerprint density at radius 3 is 1.48 bits per heavy atom. The molecule has 0 aromatic heterocycles. The third-order valence-electron chi connectivity index (χ3n) is 11.7. The van der Waals surface area contributed by atoms with Crippen LogP contribution in [0.4, 0.5) is 0 Å². The molecule has 9 atom stereocenters. The van der Waals surface area contributed by atoms with Crippen LogP contribution in [0, 0.1) is 0 Å². The maximum atomic E-state index is 13.1. The average Bonchev–Trinajstić information content (AvgIpc) is 3.25. The molecule has 1 aliphatic heterocycles. The predicted octanol–water partition coefficient (Wildman–Crippen LogP) is 8.39. The lowest BCUT2D eigenvalue weighted by atomic mass is 9.98. The number of hydrogen-bond acceptors (Lipinski definition) is 10. The van der Waals surface area contributed by atoms with Gasteiger partial charge in [0.2, 0.25) is 5.91 Å². The fourth-order valence-corrected chi connectivity index (χ4v) is 7.59. The minimum atomic E-state index is -1.67. The van der Waals surface area contributed by atoms with Crippen molar-refractivity contribution in [3.05, 3.63) is 36.5 Å². The molecule has 1 rings (SSSR count). The number of allylic oxidation sites excluding steroid dienone is 6. The minimum Gasteiger partial charge on any atom is -0.394 e. The van der Waals surface area contributed by atoms with E-state index in [1.54, 1.807) is 0 Å². The van der Waals surface area contributed by atoms with E-state index in [4.69, 9.17) is 9.47 Å². The van der Waals surface area contributed by atoms with Crippen molar-refractivity contribution in [1.29, 1.82) is 0 Å². The molecule has 1 heterocycles. The predicted molar refractivity (Wildman–Crippen MR) is 242 cm³/mol. The van der Waals surface area contributed by atoms with Crippen molar-refractivity contribution in [2.45, 2.75) is 255 Å². The van der Waals surface area contributed by atoms with Crippen molar-refractivity contribution in [3.63, 3.8) is 0 Å². The lowest BCUT2D eigenvalue weighted by Gasteiger charge is -2.40. The Kier molecular flexibility index (Phi) is 36.6. The molecule has 352 valence electrons. The van der Waals surface area contributed by atoms with Crippen LogP contribution < -0.4 is 5.32 Å². The number of hydrogen-bond donors (Lipinski definition) is 8. The van der Waals surface area contributed by atoms with E-state index in [0.29, 0.717) is 19.3 Å². The van der Waals surface area contributed by atoms with E-state index in [9.17, 15) is 40.5 Å². The molecule has 11 heteroatoms. The van der Waals surface area contributed by atoms with Crippen molar-refractivity contribution in [1.82, 2.24) is 5.32 Å². The molecular weight excluding hydrogens is 763 g/mol. The number of unbranched alkanes of at least 4 members (excludes halogenated alkanes) is 22. The van der Waals surface area contributed by atoms with Crippen LogP contribution in [-0.4, -0.2) is 110 Å². The summed E-state index contributed by atoms with van der Waals surface area (Å²) in [5.41, 5.74) is 0. The first-order chi connectivity index (χ1) is 29.2. The van der Waals surface area contributed by atoms with Crippen LogP contribution in [0.3, 0.4) is 0 Å². The van der Waals surface area contributed by atoms with Crippen molar-refractivity contribution in [2.75, 3.05) is 13.2 Å². The van der Waals surface area contributed by atoms with Gasteiger partial charge in [-0.15, -0.1) is 0 Å². The Hall–Kier alpha value is -1.67. The quantitative estimate of drug-likeness (QED) is 0.0220. The second kappa shape index (κ2) is 39.0. The summed E-state index contributed by atoms with van der Waals surface area (Å²) >= 11 is 0. The molecule has 0 aromatic carbocycles. The van der Waals surface area contributed by atoms with Gasteiger partial charge in [0, 0.05) is 0 Å². The van der Waals surface area contributed by atoms with Gasteiger partial charge in [-0.1, -0.05) is 172 Å². The second-order valence-corrected chi connectivity index (χ2v) is 17.2. The van der Waals surface area contributed by atoms with E-state index in [0.717, 1.165) is 44.9 Å². The maximum absolute atomic E-state index is 13.1. The molecule has 0 saturated carbocycles.